The van der Waals surface area contributed by atoms with Gasteiger partial charge in [0.2, 0.25) is 0 Å². The molecule has 0 radical (unpaired) electrons. The number of rotatable bonds is 6. The summed E-state index contributed by atoms with van der Waals surface area (Å²) >= 11 is 0. The SMILES string of the molecule is CCn1nc(C)c(CN(C)C(=O)c2ccccc2OC(F)F)c1C. The molecule has 0 N–H and O–H groups in total. The van der Waals surface area contributed by atoms with Gasteiger partial charge in [-0.25, -0.2) is 0 Å². The van der Waals surface area contributed by atoms with E-state index in [1.165, 1.54) is 17.0 Å². The summed E-state index contributed by atoms with van der Waals surface area (Å²) in [6, 6.07) is 6.00. The molecule has 1 amide bonds. The van der Waals surface area contributed by atoms with Crippen molar-refractivity contribution >= 4 is 5.91 Å². The first kappa shape index (κ1) is 17.9. The maximum atomic E-state index is 12.6. The second-order valence-electron chi connectivity index (χ2n) is 5.50. The van der Waals surface area contributed by atoms with E-state index < -0.39 is 6.61 Å². The molecule has 0 spiro atoms. The number of alkyl halides is 2. The van der Waals surface area contributed by atoms with Crippen LogP contribution >= 0.6 is 0 Å². The van der Waals surface area contributed by atoms with E-state index in [0.717, 1.165) is 23.5 Å². The Morgan fingerprint density at radius 2 is 2.00 bits per heavy atom. The Bertz CT molecular complexity index is 729. The summed E-state index contributed by atoms with van der Waals surface area (Å²) in [5.41, 5.74) is 2.91. The first-order valence-corrected chi connectivity index (χ1v) is 7.67. The topological polar surface area (TPSA) is 47.4 Å². The van der Waals surface area contributed by atoms with Crippen LogP contribution in [0.3, 0.4) is 0 Å². The summed E-state index contributed by atoms with van der Waals surface area (Å²) in [6.07, 6.45) is 0. The van der Waals surface area contributed by atoms with Crippen molar-refractivity contribution < 1.29 is 18.3 Å². The smallest absolute Gasteiger partial charge is 0.387 e. The third-order valence-corrected chi connectivity index (χ3v) is 3.91. The van der Waals surface area contributed by atoms with Gasteiger partial charge in [0.15, 0.2) is 0 Å². The van der Waals surface area contributed by atoms with Crippen LogP contribution in [-0.2, 0) is 13.1 Å². The number of aryl methyl sites for hydroxylation is 2. The molecule has 0 saturated carbocycles. The van der Waals surface area contributed by atoms with E-state index in [9.17, 15) is 13.6 Å². The monoisotopic (exact) mass is 337 g/mol. The zero-order valence-electron chi connectivity index (χ0n) is 14.2. The fraction of sp³-hybridized carbons (Fsp3) is 0.412. The largest absolute Gasteiger partial charge is 0.434 e. The summed E-state index contributed by atoms with van der Waals surface area (Å²) in [5, 5.41) is 4.43. The average Bonchev–Trinajstić information content (AvgIpc) is 2.81. The van der Waals surface area contributed by atoms with Crippen molar-refractivity contribution in [3.63, 3.8) is 0 Å². The zero-order valence-corrected chi connectivity index (χ0v) is 14.2. The molecule has 24 heavy (non-hydrogen) atoms. The van der Waals surface area contributed by atoms with E-state index in [1.54, 1.807) is 19.2 Å². The number of para-hydroxylation sites is 1. The van der Waals surface area contributed by atoms with Crippen LogP contribution in [0.5, 0.6) is 5.75 Å². The van der Waals surface area contributed by atoms with Crippen LogP contribution in [0.25, 0.3) is 0 Å². The Hall–Kier alpha value is -2.44. The molecule has 2 aromatic rings. The maximum absolute atomic E-state index is 12.6. The van der Waals surface area contributed by atoms with E-state index >= 15 is 0 Å². The highest BCUT2D eigenvalue weighted by molar-refractivity contribution is 5.96. The van der Waals surface area contributed by atoms with Gasteiger partial charge in [0.05, 0.1) is 11.3 Å². The molecular formula is C17H21F2N3O2. The number of hydrogen-bond donors (Lipinski definition) is 0. The van der Waals surface area contributed by atoms with Gasteiger partial charge in [-0.15, -0.1) is 0 Å². The van der Waals surface area contributed by atoms with E-state index in [2.05, 4.69) is 9.84 Å². The van der Waals surface area contributed by atoms with Crippen LogP contribution in [0, 0.1) is 13.8 Å². The Balaban J connectivity index is 2.23. The quantitative estimate of drug-likeness (QED) is 0.812. The summed E-state index contributed by atoms with van der Waals surface area (Å²) in [7, 11) is 1.63. The number of amides is 1. The molecule has 0 bridgehead atoms. The van der Waals surface area contributed by atoms with Crippen LogP contribution < -0.4 is 4.74 Å². The van der Waals surface area contributed by atoms with E-state index in [0.29, 0.717) is 6.54 Å². The van der Waals surface area contributed by atoms with Crippen molar-refractivity contribution in [3.8, 4) is 5.75 Å². The van der Waals surface area contributed by atoms with Crippen LogP contribution in [0.1, 0.15) is 34.2 Å². The molecule has 0 fully saturated rings. The Labute approximate surface area is 139 Å². The van der Waals surface area contributed by atoms with E-state index in [-0.39, 0.29) is 17.2 Å². The number of benzene rings is 1. The van der Waals surface area contributed by atoms with Gasteiger partial charge in [0, 0.05) is 31.4 Å². The van der Waals surface area contributed by atoms with E-state index in [4.69, 9.17) is 0 Å². The number of nitrogens with zero attached hydrogens (tertiary/aromatic N) is 3. The Kier molecular flexibility index (Phi) is 5.54. The number of carbonyl (C=O) groups excluding carboxylic acids is 1. The molecule has 1 heterocycles. The third-order valence-electron chi connectivity index (χ3n) is 3.91. The predicted molar refractivity (Wildman–Crippen MR) is 86.2 cm³/mol. The van der Waals surface area contributed by atoms with Crippen molar-refractivity contribution in [3.05, 3.63) is 46.8 Å². The van der Waals surface area contributed by atoms with Crippen LogP contribution in [-0.4, -0.2) is 34.2 Å². The van der Waals surface area contributed by atoms with Crippen molar-refractivity contribution in [1.29, 1.82) is 0 Å². The molecule has 2 rings (SSSR count). The van der Waals surface area contributed by atoms with Crippen LogP contribution in [0.15, 0.2) is 24.3 Å². The molecule has 0 aliphatic heterocycles. The van der Waals surface area contributed by atoms with Crippen LogP contribution in [0.4, 0.5) is 8.78 Å². The second-order valence-corrected chi connectivity index (χ2v) is 5.50. The van der Waals surface area contributed by atoms with Gasteiger partial charge in [-0.05, 0) is 32.9 Å². The predicted octanol–water partition coefficient (Wildman–Crippen LogP) is 3.39. The average molecular weight is 337 g/mol. The van der Waals surface area contributed by atoms with Crippen molar-refractivity contribution in [2.24, 2.45) is 0 Å². The summed E-state index contributed by atoms with van der Waals surface area (Å²) in [5.74, 6) is -0.503. The first-order chi connectivity index (χ1) is 11.3. The van der Waals surface area contributed by atoms with Gasteiger partial charge < -0.3 is 9.64 Å². The van der Waals surface area contributed by atoms with Crippen molar-refractivity contribution in [2.45, 2.75) is 40.5 Å². The molecule has 5 nitrogen and oxygen atoms in total. The highest BCUT2D eigenvalue weighted by atomic mass is 19.3. The maximum Gasteiger partial charge on any atom is 0.387 e. The van der Waals surface area contributed by atoms with Gasteiger partial charge >= 0.3 is 6.61 Å². The fourth-order valence-electron chi connectivity index (χ4n) is 2.63. The van der Waals surface area contributed by atoms with Crippen molar-refractivity contribution in [1.82, 2.24) is 14.7 Å². The lowest BCUT2D eigenvalue weighted by molar-refractivity contribution is -0.0502. The minimum Gasteiger partial charge on any atom is -0.434 e. The zero-order chi connectivity index (χ0) is 17.9. The molecule has 7 heteroatoms. The van der Waals surface area contributed by atoms with E-state index in [1.807, 2.05) is 25.5 Å². The fourth-order valence-corrected chi connectivity index (χ4v) is 2.63. The molecule has 1 aromatic heterocycles. The molecule has 130 valence electrons. The number of carbonyl (C=O) groups is 1. The Morgan fingerprint density at radius 1 is 1.33 bits per heavy atom. The molecule has 0 unspecified atom stereocenters. The lowest BCUT2D eigenvalue weighted by atomic mass is 10.1. The third kappa shape index (κ3) is 3.72. The first-order valence-electron chi connectivity index (χ1n) is 7.67. The molecule has 0 atom stereocenters. The number of ether oxygens (including phenoxy) is 1. The molecule has 0 aliphatic carbocycles. The van der Waals surface area contributed by atoms with Gasteiger partial charge in [-0.3, -0.25) is 9.48 Å². The lowest BCUT2D eigenvalue weighted by Crippen LogP contribution is -2.27. The van der Waals surface area contributed by atoms with Gasteiger partial charge in [0.25, 0.3) is 5.91 Å². The lowest BCUT2D eigenvalue weighted by Gasteiger charge is -2.19. The summed E-state index contributed by atoms with van der Waals surface area (Å²) in [4.78, 5) is 14.1. The standard InChI is InChI=1S/C17H21F2N3O2/c1-5-22-12(3)14(11(2)20-22)10-21(4)16(23)13-8-6-7-9-15(13)24-17(18)19/h6-9,17H,5,10H2,1-4H3. The number of hydrogen-bond acceptors (Lipinski definition) is 3. The molecule has 0 saturated heterocycles. The van der Waals surface area contributed by atoms with Gasteiger partial charge in [-0.2, -0.15) is 13.9 Å². The van der Waals surface area contributed by atoms with Crippen LogP contribution in [0.2, 0.25) is 0 Å². The summed E-state index contributed by atoms with van der Waals surface area (Å²) in [6.45, 7) is 3.95. The molecule has 0 aliphatic rings. The molecular weight excluding hydrogens is 316 g/mol. The Morgan fingerprint density at radius 3 is 2.58 bits per heavy atom. The number of halogens is 2. The minimum absolute atomic E-state index is 0.110. The molecule has 1 aromatic carbocycles. The summed E-state index contributed by atoms with van der Waals surface area (Å²) < 4.78 is 31.3. The highest BCUT2D eigenvalue weighted by Crippen LogP contribution is 2.23. The minimum atomic E-state index is -2.98. The van der Waals surface area contributed by atoms with Crippen molar-refractivity contribution in [2.75, 3.05) is 7.05 Å². The number of aromatic nitrogens is 2. The highest BCUT2D eigenvalue weighted by Gasteiger charge is 2.21. The van der Waals surface area contributed by atoms with Gasteiger partial charge in [0.1, 0.15) is 5.75 Å². The normalized spacial score (nSPS) is 11.0. The van der Waals surface area contributed by atoms with Gasteiger partial charge in [-0.1, -0.05) is 12.1 Å². The second kappa shape index (κ2) is 7.42.